The molecule has 0 saturated heterocycles. The highest BCUT2D eigenvalue weighted by Gasteiger charge is 2.29. The van der Waals surface area contributed by atoms with Crippen LogP contribution in [-0.2, 0) is 12.8 Å². The van der Waals surface area contributed by atoms with E-state index in [4.69, 9.17) is 9.47 Å². The molecule has 184 valence electrons. The smallest absolute Gasteiger partial charge is 0.422 e. The average Bonchev–Trinajstić information content (AvgIpc) is 3.27. The van der Waals surface area contributed by atoms with Crippen LogP contribution in [0.2, 0.25) is 0 Å². The van der Waals surface area contributed by atoms with E-state index < -0.39 is 12.8 Å². The minimum absolute atomic E-state index is 0.0122. The predicted molar refractivity (Wildman–Crippen MR) is 123 cm³/mol. The van der Waals surface area contributed by atoms with Crippen molar-refractivity contribution in [3.63, 3.8) is 0 Å². The summed E-state index contributed by atoms with van der Waals surface area (Å²) < 4.78 is 48.7. The normalized spacial score (nSPS) is 14.6. The van der Waals surface area contributed by atoms with Gasteiger partial charge in [-0.1, -0.05) is 18.2 Å². The van der Waals surface area contributed by atoms with E-state index in [0.717, 1.165) is 29.8 Å². The maximum absolute atomic E-state index is 12.6. The average molecular weight is 478 g/mol. The van der Waals surface area contributed by atoms with Gasteiger partial charge in [-0.3, -0.25) is 0 Å². The molecule has 34 heavy (non-hydrogen) atoms. The van der Waals surface area contributed by atoms with Crippen molar-refractivity contribution in [2.24, 2.45) is 0 Å². The Kier molecular flexibility index (Phi) is 9.02. The number of benzene rings is 2. The number of alkyl halides is 3. The van der Waals surface area contributed by atoms with Gasteiger partial charge in [-0.25, -0.2) is 0 Å². The number of aliphatic hydroxyl groups is 1. The largest absolute Gasteiger partial charge is 0.485 e. The van der Waals surface area contributed by atoms with E-state index >= 15 is 0 Å². The minimum atomic E-state index is -4.45. The van der Waals surface area contributed by atoms with Gasteiger partial charge in [0.2, 0.25) is 0 Å². The molecule has 0 spiro atoms. The van der Waals surface area contributed by atoms with Crippen molar-refractivity contribution in [2.75, 3.05) is 31.6 Å². The Morgan fingerprint density at radius 1 is 1.24 bits per heavy atom. The predicted octanol–water partition coefficient (Wildman–Crippen LogP) is 4.21. The Balaban J connectivity index is 1.61. The summed E-state index contributed by atoms with van der Waals surface area (Å²) in [6.45, 7) is 1.89. The Bertz CT molecular complexity index is 992. The van der Waals surface area contributed by atoms with E-state index in [1.165, 1.54) is 6.07 Å². The molecule has 1 aliphatic rings. The van der Waals surface area contributed by atoms with E-state index in [1.54, 1.807) is 18.2 Å². The van der Waals surface area contributed by atoms with Crippen LogP contribution in [0.5, 0.6) is 11.5 Å². The second kappa shape index (κ2) is 12.0. The number of hydrogen-bond donors (Lipinski definition) is 3. The molecule has 6 nitrogen and oxygen atoms in total. The van der Waals surface area contributed by atoms with Gasteiger partial charge in [0.15, 0.2) is 18.1 Å². The molecule has 3 rings (SSSR count). The van der Waals surface area contributed by atoms with Crippen LogP contribution in [0.4, 0.5) is 18.9 Å². The first-order valence-corrected chi connectivity index (χ1v) is 11.4. The number of aliphatic hydroxyl groups excluding tert-OH is 1. The summed E-state index contributed by atoms with van der Waals surface area (Å²) in [6, 6.07) is 12.6. The van der Waals surface area contributed by atoms with Crippen LogP contribution in [-0.4, -0.2) is 49.7 Å². The van der Waals surface area contributed by atoms with Crippen LogP contribution >= 0.6 is 0 Å². The zero-order valence-electron chi connectivity index (χ0n) is 19.1. The van der Waals surface area contributed by atoms with Gasteiger partial charge in [-0.15, -0.1) is 0 Å². The SMILES string of the molecule is C[C@H](Cc1cc(C#N)c2c(c1)CCN2)NCC(CCCO)Oc1ccccc1OCC(F)(F)F. The molecular weight excluding hydrogens is 447 g/mol. The highest BCUT2D eigenvalue weighted by Crippen LogP contribution is 2.30. The van der Waals surface area contributed by atoms with E-state index in [2.05, 4.69) is 22.8 Å². The highest BCUT2D eigenvalue weighted by atomic mass is 19.4. The van der Waals surface area contributed by atoms with Crippen molar-refractivity contribution in [2.45, 2.75) is 50.9 Å². The number of rotatable bonds is 12. The van der Waals surface area contributed by atoms with Gasteiger partial charge in [0.1, 0.15) is 12.2 Å². The second-order valence-corrected chi connectivity index (χ2v) is 8.44. The monoisotopic (exact) mass is 477 g/mol. The summed E-state index contributed by atoms with van der Waals surface area (Å²) in [5, 5.41) is 25.4. The van der Waals surface area contributed by atoms with Crippen LogP contribution in [0.25, 0.3) is 0 Å². The summed E-state index contributed by atoms with van der Waals surface area (Å²) >= 11 is 0. The van der Waals surface area contributed by atoms with E-state index in [1.807, 2.05) is 13.0 Å². The van der Waals surface area contributed by atoms with Crippen LogP contribution in [0.3, 0.4) is 0 Å². The quantitative estimate of drug-likeness (QED) is 0.425. The van der Waals surface area contributed by atoms with Crippen molar-refractivity contribution < 1.29 is 27.8 Å². The summed E-state index contributed by atoms with van der Waals surface area (Å²) in [5.74, 6) is 0.256. The third kappa shape index (κ3) is 7.54. The van der Waals surface area contributed by atoms with Crippen molar-refractivity contribution in [3.8, 4) is 17.6 Å². The zero-order chi connectivity index (χ0) is 24.6. The summed E-state index contributed by atoms with van der Waals surface area (Å²) in [6.07, 6.45) is -2.20. The molecule has 1 unspecified atom stereocenters. The highest BCUT2D eigenvalue weighted by molar-refractivity contribution is 5.66. The van der Waals surface area contributed by atoms with Crippen molar-refractivity contribution >= 4 is 5.69 Å². The molecule has 1 heterocycles. The first kappa shape index (κ1) is 25.7. The molecule has 0 bridgehead atoms. The van der Waals surface area contributed by atoms with E-state index in [9.17, 15) is 23.5 Å². The maximum atomic E-state index is 12.6. The third-order valence-electron chi connectivity index (χ3n) is 5.55. The van der Waals surface area contributed by atoms with Crippen LogP contribution < -0.4 is 20.1 Å². The molecule has 9 heteroatoms. The zero-order valence-corrected chi connectivity index (χ0v) is 19.1. The van der Waals surface area contributed by atoms with Crippen LogP contribution in [0, 0.1) is 11.3 Å². The molecule has 0 aromatic heterocycles. The third-order valence-corrected chi connectivity index (χ3v) is 5.55. The Labute approximate surface area is 197 Å². The number of ether oxygens (including phenoxy) is 2. The lowest BCUT2D eigenvalue weighted by atomic mass is 9.99. The standard InChI is InChI=1S/C25H30F3N3O3/c1-17(11-18-12-19-8-9-30-24(19)20(13-18)14-29)31-15-21(5-4-10-32)34-23-7-3-2-6-22(23)33-16-25(26,27)28/h2-3,6-7,12-13,17,21,30-32H,4-5,8-11,15-16H2,1H3/t17-,21?/m1/s1. The number of nitrogens with zero attached hydrogens (tertiary/aromatic N) is 1. The van der Waals surface area contributed by atoms with Crippen LogP contribution in [0.15, 0.2) is 36.4 Å². The molecule has 2 aromatic carbocycles. The first-order chi connectivity index (χ1) is 16.3. The number of fused-ring (bicyclic) bond motifs is 1. The van der Waals surface area contributed by atoms with Crippen molar-refractivity contribution in [1.29, 1.82) is 5.26 Å². The molecule has 0 aliphatic carbocycles. The molecule has 2 aromatic rings. The maximum Gasteiger partial charge on any atom is 0.422 e. The molecule has 0 radical (unpaired) electrons. The topological polar surface area (TPSA) is 86.5 Å². The number of para-hydroxylation sites is 2. The van der Waals surface area contributed by atoms with Gasteiger partial charge >= 0.3 is 6.18 Å². The second-order valence-electron chi connectivity index (χ2n) is 8.44. The summed E-state index contributed by atoms with van der Waals surface area (Å²) in [5.41, 5.74) is 3.80. The van der Waals surface area contributed by atoms with E-state index in [0.29, 0.717) is 31.4 Å². The lowest BCUT2D eigenvalue weighted by Crippen LogP contribution is -2.38. The Hall–Kier alpha value is -2.96. The molecular formula is C25H30F3N3O3. The van der Waals surface area contributed by atoms with Gasteiger partial charge in [0, 0.05) is 25.7 Å². The van der Waals surface area contributed by atoms with Gasteiger partial charge in [-0.05, 0) is 61.9 Å². The van der Waals surface area contributed by atoms with Crippen molar-refractivity contribution in [1.82, 2.24) is 5.32 Å². The van der Waals surface area contributed by atoms with Gasteiger partial charge < -0.3 is 25.2 Å². The first-order valence-electron chi connectivity index (χ1n) is 11.4. The number of nitriles is 1. The molecule has 2 atom stereocenters. The fourth-order valence-electron chi connectivity index (χ4n) is 3.99. The summed E-state index contributed by atoms with van der Waals surface area (Å²) in [4.78, 5) is 0. The molecule has 0 fully saturated rings. The molecule has 0 saturated carbocycles. The van der Waals surface area contributed by atoms with Gasteiger partial charge in [0.25, 0.3) is 0 Å². The van der Waals surface area contributed by atoms with E-state index in [-0.39, 0.29) is 30.3 Å². The van der Waals surface area contributed by atoms with Gasteiger partial charge in [0.05, 0.1) is 11.3 Å². The number of hydrogen-bond acceptors (Lipinski definition) is 6. The Morgan fingerprint density at radius 2 is 2.00 bits per heavy atom. The number of nitrogens with one attached hydrogen (secondary N) is 2. The lowest BCUT2D eigenvalue weighted by molar-refractivity contribution is -0.153. The lowest BCUT2D eigenvalue weighted by Gasteiger charge is -2.24. The molecule has 3 N–H and O–H groups in total. The minimum Gasteiger partial charge on any atom is -0.485 e. The van der Waals surface area contributed by atoms with Crippen molar-refractivity contribution in [3.05, 3.63) is 53.1 Å². The fraction of sp³-hybridized carbons (Fsp3) is 0.480. The fourth-order valence-corrected chi connectivity index (χ4v) is 3.99. The Morgan fingerprint density at radius 3 is 2.71 bits per heavy atom. The molecule has 0 amide bonds. The van der Waals surface area contributed by atoms with Gasteiger partial charge in [-0.2, -0.15) is 18.4 Å². The molecule has 1 aliphatic heterocycles. The number of halogens is 3. The van der Waals surface area contributed by atoms with Crippen LogP contribution in [0.1, 0.15) is 36.5 Å². The summed E-state index contributed by atoms with van der Waals surface area (Å²) in [7, 11) is 0. The number of anilines is 1.